The van der Waals surface area contributed by atoms with Crippen LogP contribution in [0.15, 0.2) is 24.3 Å². The number of nitrogens with two attached hydrogens (primary N) is 2. The second kappa shape index (κ2) is 7.62. The predicted octanol–water partition coefficient (Wildman–Crippen LogP) is 1.77. The summed E-state index contributed by atoms with van der Waals surface area (Å²) in [4.78, 5) is 13.4. The molecule has 1 amide bonds. The van der Waals surface area contributed by atoms with Gasteiger partial charge in [0, 0.05) is 18.2 Å². The molecule has 1 fully saturated rings. The molecule has 1 saturated heterocycles. The molecular formula is C15H24ClN3O. The first-order valence-electron chi connectivity index (χ1n) is 6.93. The molecule has 1 heterocycles. The lowest BCUT2D eigenvalue weighted by Crippen LogP contribution is -2.39. The first-order valence-corrected chi connectivity index (χ1v) is 6.93. The van der Waals surface area contributed by atoms with Crippen LogP contribution in [0.3, 0.4) is 0 Å². The van der Waals surface area contributed by atoms with E-state index in [0.717, 1.165) is 19.6 Å². The van der Waals surface area contributed by atoms with Crippen LogP contribution in [0.4, 0.5) is 0 Å². The van der Waals surface area contributed by atoms with Crippen LogP contribution in [-0.2, 0) is 6.54 Å². The second-order valence-corrected chi connectivity index (χ2v) is 5.53. The average molecular weight is 298 g/mol. The van der Waals surface area contributed by atoms with Crippen LogP contribution in [0, 0.1) is 5.92 Å². The fraction of sp³-hybridized carbons (Fsp3) is 0.533. The highest BCUT2D eigenvalue weighted by molar-refractivity contribution is 5.92. The highest BCUT2D eigenvalue weighted by Crippen LogP contribution is 2.21. The van der Waals surface area contributed by atoms with Gasteiger partial charge in [0.2, 0.25) is 5.91 Å². The molecule has 0 aromatic heterocycles. The smallest absolute Gasteiger partial charge is 0.248 e. The SMILES string of the molecule is CC(N)C1CCN(Cc2ccc(C(N)=O)cc2)CC1.Cl. The van der Waals surface area contributed by atoms with Gasteiger partial charge in [-0.3, -0.25) is 9.69 Å². The fourth-order valence-electron chi connectivity index (χ4n) is 2.67. The summed E-state index contributed by atoms with van der Waals surface area (Å²) in [7, 11) is 0. The first kappa shape index (κ1) is 17.0. The van der Waals surface area contributed by atoms with Gasteiger partial charge in [-0.1, -0.05) is 12.1 Å². The van der Waals surface area contributed by atoms with E-state index < -0.39 is 0 Å². The van der Waals surface area contributed by atoms with Gasteiger partial charge in [0.15, 0.2) is 0 Å². The van der Waals surface area contributed by atoms with Crippen molar-refractivity contribution in [2.75, 3.05) is 13.1 Å². The van der Waals surface area contributed by atoms with Gasteiger partial charge in [-0.15, -0.1) is 12.4 Å². The normalized spacial score (nSPS) is 18.3. The number of nitrogens with zero attached hydrogens (tertiary/aromatic N) is 1. The Morgan fingerprint density at radius 1 is 1.30 bits per heavy atom. The minimum atomic E-state index is -0.371. The summed E-state index contributed by atoms with van der Waals surface area (Å²) in [6.07, 6.45) is 2.36. The second-order valence-electron chi connectivity index (χ2n) is 5.53. The molecule has 112 valence electrons. The van der Waals surface area contributed by atoms with E-state index in [9.17, 15) is 4.79 Å². The molecule has 1 aromatic rings. The van der Waals surface area contributed by atoms with Gasteiger partial charge < -0.3 is 11.5 Å². The molecule has 1 unspecified atom stereocenters. The largest absolute Gasteiger partial charge is 0.366 e. The topological polar surface area (TPSA) is 72.3 Å². The predicted molar refractivity (Wildman–Crippen MR) is 83.9 cm³/mol. The van der Waals surface area contributed by atoms with Crippen LogP contribution in [0.25, 0.3) is 0 Å². The van der Waals surface area contributed by atoms with Crippen LogP contribution >= 0.6 is 12.4 Å². The van der Waals surface area contributed by atoms with Crippen molar-refractivity contribution in [2.24, 2.45) is 17.4 Å². The van der Waals surface area contributed by atoms with Crippen molar-refractivity contribution in [3.63, 3.8) is 0 Å². The lowest BCUT2D eigenvalue weighted by atomic mass is 9.91. The highest BCUT2D eigenvalue weighted by Gasteiger charge is 2.21. The summed E-state index contributed by atoms with van der Waals surface area (Å²) >= 11 is 0. The molecule has 0 saturated carbocycles. The van der Waals surface area contributed by atoms with E-state index in [1.165, 1.54) is 18.4 Å². The number of hydrogen-bond donors (Lipinski definition) is 2. The van der Waals surface area contributed by atoms with Crippen molar-refractivity contribution in [1.29, 1.82) is 0 Å². The molecule has 5 heteroatoms. The molecular weight excluding hydrogens is 274 g/mol. The van der Waals surface area contributed by atoms with Gasteiger partial charge in [0.05, 0.1) is 0 Å². The summed E-state index contributed by atoms with van der Waals surface area (Å²) in [6, 6.07) is 7.87. The summed E-state index contributed by atoms with van der Waals surface area (Å²) in [5.74, 6) is 0.290. The Morgan fingerprint density at radius 2 is 1.85 bits per heavy atom. The number of carbonyl (C=O) groups excluding carboxylic acids is 1. The molecule has 2 rings (SSSR count). The van der Waals surface area contributed by atoms with E-state index in [0.29, 0.717) is 17.5 Å². The third kappa shape index (κ3) is 4.47. The van der Waals surface area contributed by atoms with E-state index in [4.69, 9.17) is 11.5 Å². The van der Waals surface area contributed by atoms with E-state index >= 15 is 0 Å². The Kier molecular flexibility index (Phi) is 6.46. The average Bonchev–Trinajstić information content (AvgIpc) is 2.40. The molecule has 4 N–H and O–H groups in total. The maximum absolute atomic E-state index is 11.0. The number of hydrogen-bond acceptors (Lipinski definition) is 3. The summed E-state index contributed by atoms with van der Waals surface area (Å²) in [6.45, 7) is 5.24. The van der Waals surface area contributed by atoms with Gasteiger partial charge in [0.25, 0.3) is 0 Å². The number of carbonyl (C=O) groups is 1. The van der Waals surface area contributed by atoms with E-state index in [1.54, 1.807) is 12.1 Å². The van der Waals surface area contributed by atoms with Crippen molar-refractivity contribution in [2.45, 2.75) is 32.4 Å². The number of halogens is 1. The van der Waals surface area contributed by atoms with Gasteiger partial charge >= 0.3 is 0 Å². The molecule has 1 aromatic carbocycles. The third-order valence-corrected chi connectivity index (χ3v) is 4.02. The molecule has 0 bridgehead atoms. The minimum Gasteiger partial charge on any atom is -0.366 e. The molecule has 1 aliphatic rings. The lowest BCUT2D eigenvalue weighted by molar-refractivity contribution is 0.100. The number of benzene rings is 1. The quantitative estimate of drug-likeness (QED) is 0.889. The maximum atomic E-state index is 11.0. The van der Waals surface area contributed by atoms with Crippen molar-refractivity contribution in [1.82, 2.24) is 4.90 Å². The standard InChI is InChI=1S/C15H23N3O.ClH/c1-11(16)13-6-8-18(9-7-13)10-12-2-4-14(5-3-12)15(17)19;/h2-5,11,13H,6-10,16H2,1H3,(H2,17,19);1H. The van der Waals surface area contributed by atoms with E-state index in [-0.39, 0.29) is 18.3 Å². The first-order chi connectivity index (χ1) is 9.06. The summed E-state index contributed by atoms with van der Waals surface area (Å²) in [5.41, 5.74) is 13.0. The zero-order valence-electron chi connectivity index (χ0n) is 11.9. The van der Waals surface area contributed by atoms with E-state index in [1.807, 2.05) is 12.1 Å². The van der Waals surface area contributed by atoms with Crippen LogP contribution in [0.5, 0.6) is 0 Å². The molecule has 0 spiro atoms. The lowest BCUT2D eigenvalue weighted by Gasteiger charge is -2.33. The van der Waals surface area contributed by atoms with Gasteiger partial charge in [0.1, 0.15) is 0 Å². The zero-order valence-corrected chi connectivity index (χ0v) is 12.7. The van der Waals surface area contributed by atoms with E-state index in [2.05, 4.69) is 11.8 Å². The third-order valence-electron chi connectivity index (χ3n) is 4.02. The fourth-order valence-corrected chi connectivity index (χ4v) is 2.67. The maximum Gasteiger partial charge on any atom is 0.248 e. The summed E-state index contributed by atoms with van der Waals surface area (Å²) in [5, 5.41) is 0. The number of rotatable bonds is 4. The van der Waals surface area contributed by atoms with Crippen LogP contribution in [0.1, 0.15) is 35.7 Å². The van der Waals surface area contributed by atoms with Crippen molar-refractivity contribution < 1.29 is 4.79 Å². The number of piperidine rings is 1. The number of likely N-dealkylation sites (tertiary alicyclic amines) is 1. The number of amides is 1. The van der Waals surface area contributed by atoms with Crippen LogP contribution in [-0.4, -0.2) is 29.9 Å². The monoisotopic (exact) mass is 297 g/mol. The Hall–Kier alpha value is -1.10. The Morgan fingerprint density at radius 3 is 2.30 bits per heavy atom. The van der Waals surface area contributed by atoms with Gasteiger partial charge in [-0.05, 0) is 56.5 Å². The van der Waals surface area contributed by atoms with Crippen LogP contribution < -0.4 is 11.5 Å². The molecule has 0 radical (unpaired) electrons. The van der Waals surface area contributed by atoms with Gasteiger partial charge in [-0.25, -0.2) is 0 Å². The van der Waals surface area contributed by atoms with Gasteiger partial charge in [-0.2, -0.15) is 0 Å². The Labute approximate surface area is 126 Å². The molecule has 4 nitrogen and oxygen atoms in total. The van der Waals surface area contributed by atoms with Crippen molar-refractivity contribution in [3.05, 3.63) is 35.4 Å². The van der Waals surface area contributed by atoms with Crippen molar-refractivity contribution in [3.8, 4) is 0 Å². The van der Waals surface area contributed by atoms with Crippen LogP contribution in [0.2, 0.25) is 0 Å². The number of primary amides is 1. The minimum absolute atomic E-state index is 0. The Balaban J connectivity index is 0.00000200. The molecule has 1 atom stereocenters. The molecule has 1 aliphatic heterocycles. The highest BCUT2D eigenvalue weighted by atomic mass is 35.5. The van der Waals surface area contributed by atoms with Crippen molar-refractivity contribution >= 4 is 18.3 Å². The summed E-state index contributed by atoms with van der Waals surface area (Å²) < 4.78 is 0. The molecule has 20 heavy (non-hydrogen) atoms. The molecule has 0 aliphatic carbocycles. The zero-order chi connectivity index (χ0) is 13.8. The Bertz CT molecular complexity index is 425.